The van der Waals surface area contributed by atoms with Gasteiger partial charge in [-0.15, -0.1) is 23.5 Å². The van der Waals surface area contributed by atoms with Crippen LogP contribution in [0.25, 0.3) is 0 Å². The molecule has 0 radical (unpaired) electrons. The van der Waals surface area contributed by atoms with Crippen molar-refractivity contribution in [3.05, 3.63) is 190 Å². The molecule has 4 atom stereocenters. The van der Waals surface area contributed by atoms with E-state index in [1.54, 1.807) is 100 Å². The summed E-state index contributed by atoms with van der Waals surface area (Å²) < 4.78 is 22.9. The highest BCUT2D eigenvalue weighted by molar-refractivity contribution is 8.15. The van der Waals surface area contributed by atoms with Crippen LogP contribution in [0.4, 0.5) is 9.59 Å². The average molecular weight is 1220 g/mol. The van der Waals surface area contributed by atoms with Crippen molar-refractivity contribution in [1.29, 1.82) is 10.5 Å². The van der Waals surface area contributed by atoms with Crippen molar-refractivity contribution in [2.75, 3.05) is 40.7 Å². The molecule has 0 fully saturated rings. The lowest BCUT2D eigenvalue weighted by molar-refractivity contribution is -0.150. The monoisotopic (exact) mass is 1220 g/mol. The second-order valence-electron chi connectivity index (χ2n) is 18.3. The maximum absolute atomic E-state index is 13.0. The first-order valence-corrected chi connectivity index (χ1v) is 29.0. The van der Waals surface area contributed by atoms with Crippen molar-refractivity contribution in [3.63, 3.8) is 0 Å². The molecule has 0 aliphatic heterocycles. The minimum absolute atomic E-state index is 0.00855. The van der Waals surface area contributed by atoms with Gasteiger partial charge in [0.2, 0.25) is 17.3 Å². The van der Waals surface area contributed by atoms with Gasteiger partial charge in [-0.3, -0.25) is 24.1 Å². The normalized spacial score (nSPS) is 12.1. The van der Waals surface area contributed by atoms with Crippen molar-refractivity contribution in [2.45, 2.75) is 58.7 Å². The third-order valence-electron chi connectivity index (χ3n) is 11.2. The second-order valence-corrected chi connectivity index (χ2v) is 21.0. The van der Waals surface area contributed by atoms with Crippen LogP contribution in [0.15, 0.2) is 168 Å². The van der Waals surface area contributed by atoms with E-state index in [0.29, 0.717) is 49.2 Å². The Morgan fingerprint density at radius 1 is 0.524 bits per heavy atom. The average Bonchev–Trinajstić information content (AvgIpc) is 3.70. The van der Waals surface area contributed by atoms with Crippen LogP contribution in [-0.4, -0.2) is 85.7 Å². The Morgan fingerprint density at radius 2 is 0.893 bits per heavy atom. The number of hydrogen-bond acceptors (Lipinski definition) is 17. The molecule has 6 rings (SSSR count). The molecule has 3 amide bonds. The molecule has 0 saturated carbocycles. The van der Waals surface area contributed by atoms with Crippen LogP contribution in [0.5, 0.6) is 23.0 Å². The van der Waals surface area contributed by atoms with Crippen LogP contribution in [0.1, 0.15) is 80.9 Å². The molecule has 0 aromatic heterocycles. The molecule has 0 bridgehead atoms. The number of rotatable bonds is 16. The van der Waals surface area contributed by atoms with E-state index in [1.165, 1.54) is 30.8 Å². The molecule has 0 saturated heterocycles. The Hall–Kier alpha value is -8.53. The number of carbonyl (C=O) groups is 5. The Kier molecular flexibility index (Phi) is 31.2. The maximum Gasteiger partial charge on any atom is 0.433 e. The number of esters is 2. The number of nitrogens with zero attached hydrogens (tertiary/aromatic N) is 5. The molecule has 2 unspecified atom stereocenters. The minimum Gasteiger partial charge on any atom is -0.457 e. The predicted octanol–water partition coefficient (Wildman–Crippen LogP) is 14.5. The number of para-hydroxylation sites is 2. The number of nitriles is 2. The standard InChI is InChI=1S/2C25H22ClNO3.C7H13N3O3S.C5H10N2O2S/c2*1-17(2)24(18-11-13-20(26)14-12-18)25(28)30-23(16-27)19-7-6-10-22(15-19)29-21-8-4-3-5-9-21;1-8-7(12)13-9-5(14-4)6(11)10(2)3;1-4(10-3)7-9-5(8)6-2/h2*3-15,17,23-24H,1-2H3;1-4H3,(H,8,12);1-3H3,(H,6,8)/b;;;7-4+/t23-,24+;;;/m1.../s1. The summed E-state index contributed by atoms with van der Waals surface area (Å²) in [6.45, 7) is 9.52. The lowest BCUT2D eigenvalue weighted by atomic mass is 9.88. The molecule has 84 heavy (non-hydrogen) atoms. The van der Waals surface area contributed by atoms with Crippen LogP contribution in [0, 0.1) is 34.5 Å². The number of carbonyl (C=O) groups excluding carboxylic acids is 5. The zero-order valence-corrected chi connectivity index (χ0v) is 51.4. The van der Waals surface area contributed by atoms with E-state index in [-0.39, 0.29) is 22.8 Å². The van der Waals surface area contributed by atoms with Crippen molar-refractivity contribution >= 4 is 86.8 Å². The molecule has 442 valence electrons. The quantitative estimate of drug-likeness (QED) is 0.0301. The topological polar surface area (TPSA) is 240 Å². The van der Waals surface area contributed by atoms with Crippen molar-refractivity contribution in [2.24, 2.45) is 22.1 Å². The first kappa shape index (κ1) is 69.7. The summed E-state index contributed by atoms with van der Waals surface area (Å²) in [5, 5.41) is 32.7. The molecule has 18 nitrogen and oxygen atoms in total. The molecular formula is C62H67Cl2N7O11S2. The highest BCUT2D eigenvalue weighted by atomic mass is 35.5. The van der Waals surface area contributed by atoms with Gasteiger partial charge in [0.1, 0.15) is 40.2 Å². The Balaban J connectivity index is 0.000000321. The molecule has 6 aromatic carbocycles. The van der Waals surface area contributed by atoms with Crippen LogP contribution in [0.3, 0.4) is 0 Å². The van der Waals surface area contributed by atoms with E-state index in [9.17, 15) is 34.5 Å². The summed E-state index contributed by atoms with van der Waals surface area (Å²) in [5.74, 6) is 0.273. The van der Waals surface area contributed by atoms with Crippen molar-refractivity contribution < 1.29 is 52.6 Å². The van der Waals surface area contributed by atoms with Gasteiger partial charge in [0, 0.05) is 49.4 Å². The molecule has 2 N–H and O–H groups in total. The zero-order valence-electron chi connectivity index (χ0n) is 48.3. The molecule has 0 spiro atoms. The lowest BCUT2D eigenvalue weighted by Gasteiger charge is -2.22. The lowest BCUT2D eigenvalue weighted by Crippen LogP contribution is -2.28. The van der Waals surface area contributed by atoms with E-state index in [1.807, 2.05) is 119 Å². The Labute approximate surface area is 509 Å². The molecular weight excluding hydrogens is 1150 g/mol. The second kappa shape index (κ2) is 37.5. The Morgan fingerprint density at radius 3 is 1.21 bits per heavy atom. The number of thioether (sulfide) groups is 2. The maximum atomic E-state index is 13.0. The number of oxime groups is 2. The van der Waals surface area contributed by atoms with E-state index >= 15 is 0 Å². The van der Waals surface area contributed by atoms with Crippen LogP contribution < -0.4 is 20.1 Å². The molecule has 0 aliphatic carbocycles. The predicted molar refractivity (Wildman–Crippen MR) is 330 cm³/mol. The molecule has 6 aromatic rings. The third-order valence-corrected chi connectivity index (χ3v) is 13.0. The number of amides is 3. The Bertz CT molecular complexity index is 3030. The first-order chi connectivity index (χ1) is 40.2. The largest absolute Gasteiger partial charge is 0.457 e. The number of benzene rings is 6. The van der Waals surface area contributed by atoms with E-state index in [2.05, 4.69) is 42.8 Å². The van der Waals surface area contributed by atoms with E-state index < -0.39 is 48.2 Å². The highest BCUT2D eigenvalue weighted by Crippen LogP contribution is 2.33. The number of ether oxygens (including phenoxy) is 4. The summed E-state index contributed by atoms with van der Waals surface area (Å²) in [7, 11) is 6.07. The van der Waals surface area contributed by atoms with Crippen LogP contribution in [0.2, 0.25) is 10.0 Å². The van der Waals surface area contributed by atoms with Gasteiger partial charge in [0.25, 0.3) is 5.91 Å². The van der Waals surface area contributed by atoms with Crippen molar-refractivity contribution in [1.82, 2.24) is 15.5 Å². The van der Waals surface area contributed by atoms with E-state index in [4.69, 9.17) is 42.1 Å². The minimum atomic E-state index is -1.04. The number of nitrogens with one attached hydrogen (secondary N) is 2. The molecule has 22 heteroatoms. The van der Waals surface area contributed by atoms with Gasteiger partial charge >= 0.3 is 24.1 Å². The van der Waals surface area contributed by atoms with Crippen LogP contribution >= 0.6 is 46.7 Å². The van der Waals surface area contributed by atoms with Gasteiger partial charge < -0.3 is 34.5 Å². The van der Waals surface area contributed by atoms with Gasteiger partial charge in [-0.1, -0.05) is 146 Å². The number of hydrogen-bond donors (Lipinski definition) is 2. The molecule has 0 heterocycles. The summed E-state index contributed by atoms with van der Waals surface area (Å²) in [6.07, 6.45) is 0.201. The van der Waals surface area contributed by atoms with E-state index in [0.717, 1.165) is 22.9 Å². The fourth-order valence-corrected chi connectivity index (χ4v) is 7.88. The summed E-state index contributed by atoms with van der Waals surface area (Å²) >= 11 is 14.5. The summed E-state index contributed by atoms with van der Waals surface area (Å²) in [5.41, 5.74) is 2.71. The molecule has 0 aliphatic rings. The SMILES string of the molecule is CC(C)C(C(=O)OC(C#N)c1cccc(Oc2ccccc2)c1)c1ccc(Cl)cc1.CC(C)[C@H](C(=O)O[C@H](C#N)c1cccc(Oc2ccccc2)c1)c1ccc(Cl)cc1.CNC(=O)O/N=C(\C)SC.CNC(=O)ON=C(SC)C(=O)N(C)C. The van der Waals surface area contributed by atoms with Gasteiger partial charge in [-0.25, -0.2) is 9.59 Å². The van der Waals surface area contributed by atoms with Crippen molar-refractivity contribution in [3.8, 4) is 35.1 Å². The first-order valence-electron chi connectivity index (χ1n) is 25.7. The fraction of sp³-hybridized carbons (Fsp3) is 0.274. The summed E-state index contributed by atoms with van der Waals surface area (Å²) in [6, 6.07) is 51.1. The zero-order chi connectivity index (χ0) is 62.1. The highest BCUT2D eigenvalue weighted by Gasteiger charge is 2.30. The van der Waals surface area contributed by atoms with Gasteiger partial charge in [-0.05, 0) is 115 Å². The van der Waals surface area contributed by atoms with Gasteiger partial charge in [0.15, 0.2) is 0 Å². The van der Waals surface area contributed by atoms with Crippen LogP contribution in [-0.2, 0) is 33.5 Å². The fourth-order valence-electron chi connectivity index (χ4n) is 7.05. The number of halogens is 2. The smallest absolute Gasteiger partial charge is 0.433 e. The third kappa shape index (κ3) is 24.5. The summed E-state index contributed by atoms with van der Waals surface area (Å²) in [4.78, 5) is 68.4. The van der Waals surface area contributed by atoms with Gasteiger partial charge in [-0.2, -0.15) is 10.5 Å². The van der Waals surface area contributed by atoms with Gasteiger partial charge in [0.05, 0.1) is 11.8 Å².